The molecule has 3 aromatic heterocycles. The first-order valence-corrected chi connectivity index (χ1v) is 16.3. The van der Waals surface area contributed by atoms with Crippen LogP contribution in [0.2, 0.25) is 0 Å². The monoisotopic (exact) mass is 702 g/mol. The highest BCUT2D eigenvalue weighted by molar-refractivity contribution is 9.10. The van der Waals surface area contributed by atoms with Crippen LogP contribution in [0.5, 0.6) is 11.5 Å². The van der Waals surface area contributed by atoms with Crippen molar-refractivity contribution >= 4 is 56.8 Å². The van der Waals surface area contributed by atoms with E-state index in [1.807, 2.05) is 49.4 Å². The van der Waals surface area contributed by atoms with Crippen molar-refractivity contribution in [2.24, 2.45) is 4.99 Å². The van der Waals surface area contributed by atoms with Crippen LogP contribution in [-0.2, 0) is 9.53 Å². The summed E-state index contributed by atoms with van der Waals surface area (Å²) < 4.78 is 25.4. The van der Waals surface area contributed by atoms with E-state index in [4.69, 9.17) is 23.6 Å². The molecule has 0 N–H and O–H groups in total. The molecule has 2 aromatic carbocycles. The zero-order valence-electron chi connectivity index (χ0n) is 23.9. The molecule has 226 valence electrons. The van der Waals surface area contributed by atoms with Gasteiger partial charge in [0.15, 0.2) is 26.5 Å². The van der Waals surface area contributed by atoms with E-state index in [0.717, 1.165) is 11.3 Å². The Morgan fingerprint density at radius 3 is 2.78 bits per heavy atom. The fourth-order valence-electron chi connectivity index (χ4n) is 5.04. The number of esters is 1. The molecule has 45 heavy (non-hydrogen) atoms. The van der Waals surface area contributed by atoms with Gasteiger partial charge in [-0.3, -0.25) is 9.36 Å². The van der Waals surface area contributed by atoms with Crippen molar-refractivity contribution in [1.82, 2.24) is 14.5 Å². The Morgan fingerprint density at radius 1 is 1.16 bits per heavy atom. The third-order valence-electron chi connectivity index (χ3n) is 6.99. The lowest BCUT2D eigenvalue weighted by Crippen LogP contribution is -2.40. The van der Waals surface area contributed by atoms with E-state index in [-0.39, 0.29) is 24.5 Å². The third-order valence-corrected chi connectivity index (χ3v) is 9.69. The van der Waals surface area contributed by atoms with E-state index in [1.165, 1.54) is 27.7 Å². The van der Waals surface area contributed by atoms with Gasteiger partial charge in [0.1, 0.15) is 5.76 Å². The number of rotatable bonds is 7. The summed E-state index contributed by atoms with van der Waals surface area (Å²) in [7, 11) is 0. The Balaban J connectivity index is 1.40. The number of aryl methyl sites for hydroxylation is 1. The Labute approximate surface area is 272 Å². The van der Waals surface area contributed by atoms with Crippen molar-refractivity contribution in [1.29, 1.82) is 0 Å². The molecule has 10 nitrogen and oxygen atoms in total. The minimum absolute atomic E-state index is 0.0897. The fraction of sp³-hybridized carbons (Fsp3) is 0.156. The molecule has 5 heterocycles. The van der Waals surface area contributed by atoms with Gasteiger partial charge in [0.25, 0.3) is 5.56 Å². The number of furan rings is 1. The Hall–Kier alpha value is -4.46. The van der Waals surface area contributed by atoms with E-state index < -0.39 is 12.0 Å². The maximum atomic E-state index is 14.2. The van der Waals surface area contributed by atoms with Gasteiger partial charge < -0.3 is 18.6 Å². The molecular formula is C32H23BrN4O6S2. The number of ether oxygens (including phenoxy) is 3. The van der Waals surface area contributed by atoms with Crippen molar-refractivity contribution in [3.8, 4) is 11.5 Å². The molecule has 7 rings (SSSR count). The summed E-state index contributed by atoms with van der Waals surface area (Å²) in [4.78, 5) is 41.9. The summed E-state index contributed by atoms with van der Waals surface area (Å²) >= 11 is 6.03. The molecule has 2 aliphatic rings. The highest BCUT2D eigenvalue weighted by Crippen LogP contribution is 2.40. The summed E-state index contributed by atoms with van der Waals surface area (Å²) in [5.74, 6) is 1.00. The van der Waals surface area contributed by atoms with Crippen molar-refractivity contribution in [3.63, 3.8) is 0 Å². The topological polar surface area (TPSA) is 118 Å². The van der Waals surface area contributed by atoms with Crippen molar-refractivity contribution in [2.75, 3.05) is 13.4 Å². The molecule has 0 fully saturated rings. The van der Waals surface area contributed by atoms with Gasteiger partial charge in [-0.05, 0) is 71.4 Å². The molecule has 0 bridgehead atoms. The Morgan fingerprint density at radius 2 is 1.98 bits per heavy atom. The number of hydrogen-bond acceptors (Lipinski definition) is 11. The molecule has 13 heteroatoms. The van der Waals surface area contributed by atoms with E-state index in [9.17, 15) is 9.59 Å². The quantitative estimate of drug-likeness (QED) is 0.165. The van der Waals surface area contributed by atoms with Crippen LogP contribution in [0.25, 0.3) is 11.8 Å². The zero-order valence-corrected chi connectivity index (χ0v) is 27.1. The number of hydrogen-bond donors (Lipinski definition) is 0. The standard InChI is InChI=1S/C32H23BrN4O6S2/c1-3-40-29(39)25-26(18-7-5-4-6-8-18)36-32-37(27(25)19-9-10-22-23(13-19)42-16-41-22)28(38)24(44-32)15-20-14-21(33)30(43-20)45-31-34-12-11-17(2)35-31/h4-15,27H,3,16H2,1-2H3/b24-15+/t27-/m1/s1. The average molecular weight is 704 g/mol. The van der Waals surface area contributed by atoms with Crippen LogP contribution >= 0.6 is 39.0 Å². The fourth-order valence-corrected chi connectivity index (χ4v) is 7.33. The molecule has 0 aliphatic carbocycles. The summed E-state index contributed by atoms with van der Waals surface area (Å²) in [6, 6.07) is 17.5. The number of halogens is 1. The zero-order chi connectivity index (χ0) is 31.1. The maximum absolute atomic E-state index is 14.2. The predicted molar refractivity (Wildman–Crippen MR) is 171 cm³/mol. The number of carbonyl (C=O) groups is 1. The van der Waals surface area contributed by atoms with E-state index in [0.29, 0.717) is 52.6 Å². The number of carbonyl (C=O) groups excluding carboxylic acids is 1. The number of benzene rings is 2. The molecule has 0 saturated heterocycles. The second-order valence-corrected chi connectivity index (χ2v) is 12.7. The van der Waals surface area contributed by atoms with Gasteiger partial charge in [-0.25, -0.2) is 19.8 Å². The summed E-state index contributed by atoms with van der Waals surface area (Å²) in [5, 5.41) is 1.09. The van der Waals surface area contributed by atoms with Crippen molar-refractivity contribution < 1.29 is 23.4 Å². The van der Waals surface area contributed by atoms with Gasteiger partial charge in [-0.15, -0.1) is 0 Å². The predicted octanol–water partition coefficient (Wildman–Crippen LogP) is 5.27. The van der Waals surface area contributed by atoms with E-state index in [1.54, 1.807) is 37.4 Å². The minimum atomic E-state index is -0.847. The van der Waals surface area contributed by atoms with Crippen LogP contribution in [0.1, 0.15) is 35.5 Å². The van der Waals surface area contributed by atoms with Gasteiger partial charge in [0.05, 0.1) is 32.9 Å². The summed E-state index contributed by atoms with van der Waals surface area (Å²) in [6.45, 7) is 3.88. The molecule has 0 saturated carbocycles. The van der Waals surface area contributed by atoms with Crippen LogP contribution in [0.15, 0.2) is 101 Å². The Bertz CT molecular complexity index is 2170. The summed E-state index contributed by atoms with van der Waals surface area (Å²) in [6.07, 6.45) is 3.36. The van der Waals surface area contributed by atoms with Crippen molar-refractivity contribution in [3.05, 3.63) is 119 Å². The van der Waals surface area contributed by atoms with Crippen LogP contribution in [0.4, 0.5) is 0 Å². The molecule has 5 aromatic rings. The largest absolute Gasteiger partial charge is 0.463 e. The molecule has 0 spiro atoms. The van der Waals surface area contributed by atoms with Crippen LogP contribution in [0, 0.1) is 6.92 Å². The van der Waals surface area contributed by atoms with Gasteiger partial charge in [-0.1, -0.05) is 47.7 Å². The SMILES string of the molecule is CCOC(=O)C1=C(c2ccccc2)N=c2s/c(=C/c3cc(Br)c(Sc4nccc(C)n4)o3)c(=O)n2[C@@H]1c1ccc2c(c1)OCO2. The molecule has 0 radical (unpaired) electrons. The number of nitrogens with zero attached hydrogens (tertiary/aromatic N) is 4. The molecule has 0 unspecified atom stereocenters. The van der Waals surface area contributed by atoms with Crippen LogP contribution in [0.3, 0.4) is 0 Å². The van der Waals surface area contributed by atoms with Gasteiger partial charge in [-0.2, -0.15) is 0 Å². The first-order chi connectivity index (χ1) is 21.9. The lowest BCUT2D eigenvalue weighted by molar-refractivity contribution is -0.138. The Kier molecular flexibility index (Phi) is 7.90. The third kappa shape index (κ3) is 5.62. The van der Waals surface area contributed by atoms with Crippen LogP contribution < -0.4 is 24.4 Å². The number of aromatic nitrogens is 3. The first kappa shape index (κ1) is 29.3. The van der Waals surface area contributed by atoms with Gasteiger partial charge >= 0.3 is 5.97 Å². The highest BCUT2D eigenvalue weighted by Gasteiger charge is 2.36. The second kappa shape index (κ2) is 12.1. The smallest absolute Gasteiger partial charge is 0.338 e. The molecule has 2 aliphatic heterocycles. The lowest BCUT2D eigenvalue weighted by atomic mass is 9.93. The first-order valence-electron chi connectivity index (χ1n) is 13.8. The number of fused-ring (bicyclic) bond motifs is 2. The van der Waals surface area contributed by atoms with Crippen LogP contribution in [-0.4, -0.2) is 33.9 Å². The van der Waals surface area contributed by atoms with E-state index in [2.05, 4.69) is 25.9 Å². The average Bonchev–Trinajstić information content (AvgIpc) is 3.73. The molecule has 1 atom stereocenters. The van der Waals surface area contributed by atoms with E-state index >= 15 is 0 Å². The van der Waals surface area contributed by atoms with Gasteiger partial charge in [0.2, 0.25) is 6.79 Å². The van der Waals surface area contributed by atoms with Gasteiger partial charge in [0, 0.05) is 23.5 Å². The second-order valence-electron chi connectivity index (χ2n) is 9.91. The normalized spacial score (nSPS) is 15.6. The summed E-state index contributed by atoms with van der Waals surface area (Å²) in [5.41, 5.74) is 2.56. The lowest BCUT2D eigenvalue weighted by Gasteiger charge is -2.26. The molecule has 0 amide bonds. The van der Waals surface area contributed by atoms with Crippen molar-refractivity contribution in [2.45, 2.75) is 30.1 Å². The maximum Gasteiger partial charge on any atom is 0.338 e. The minimum Gasteiger partial charge on any atom is -0.463 e. The highest BCUT2D eigenvalue weighted by atomic mass is 79.9. The number of thiazole rings is 1. The molecular weight excluding hydrogens is 680 g/mol.